The van der Waals surface area contributed by atoms with E-state index in [1.807, 2.05) is 6.92 Å². The second-order valence-electron chi connectivity index (χ2n) is 6.91. The van der Waals surface area contributed by atoms with Crippen molar-refractivity contribution in [3.8, 4) is 0 Å². The fourth-order valence-corrected chi connectivity index (χ4v) is 2.98. The molecule has 1 aromatic carbocycles. The van der Waals surface area contributed by atoms with Gasteiger partial charge in [0, 0.05) is 24.4 Å². The number of hydrogen-bond donors (Lipinski definition) is 2. The molecule has 0 bridgehead atoms. The maximum atomic E-state index is 14.0. The highest BCUT2D eigenvalue weighted by Gasteiger charge is 2.21. The fraction of sp³-hybridized carbons (Fsp3) is 0.381. The van der Waals surface area contributed by atoms with Gasteiger partial charge in [-0.25, -0.2) is 13.6 Å². The summed E-state index contributed by atoms with van der Waals surface area (Å²) < 4.78 is 33.0. The molecule has 1 aromatic rings. The molecule has 0 spiro atoms. The van der Waals surface area contributed by atoms with Crippen molar-refractivity contribution >= 4 is 11.8 Å². The Balaban J connectivity index is 2.23. The van der Waals surface area contributed by atoms with Crippen LogP contribution in [0.3, 0.4) is 0 Å². The molecule has 4 N–H and O–H groups in total. The number of nitrogens with zero attached hydrogens (tertiary/aromatic N) is 1. The van der Waals surface area contributed by atoms with Crippen LogP contribution in [0.15, 0.2) is 47.7 Å². The molecule has 5 nitrogen and oxygen atoms in total. The zero-order valence-corrected chi connectivity index (χ0v) is 16.1. The van der Waals surface area contributed by atoms with Crippen molar-refractivity contribution in [1.82, 2.24) is 4.90 Å². The summed E-state index contributed by atoms with van der Waals surface area (Å²) >= 11 is 0. The van der Waals surface area contributed by atoms with Gasteiger partial charge in [-0.3, -0.25) is 0 Å². The number of amides is 1. The number of carbonyl (C=O) groups is 1. The number of carbonyl (C=O) groups excluding carboxylic acids is 1. The van der Waals surface area contributed by atoms with Gasteiger partial charge in [0.15, 0.2) is 0 Å². The highest BCUT2D eigenvalue weighted by Crippen LogP contribution is 2.23. The summed E-state index contributed by atoms with van der Waals surface area (Å²) in [6.45, 7) is 7.12. The summed E-state index contributed by atoms with van der Waals surface area (Å²) in [5.74, 6) is -1.46. The summed E-state index contributed by atoms with van der Waals surface area (Å²) in [6, 6.07) is 3.60. The van der Waals surface area contributed by atoms with E-state index in [0.29, 0.717) is 43.8 Å². The molecule has 0 saturated carbocycles. The molecule has 1 fully saturated rings. The first-order chi connectivity index (χ1) is 13.3. The van der Waals surface area contributed by atoms with Crippen molar-refractivity contribution in [2.45, 2.75) is 32.6 Å². The summed E-state index contributed by atoms with van der Waals surface area (Å²) in [7, 11) is 0. The van der Waals surface area contributed by atoms with Crippen LogP contribution in [0.2, 0.25) is 0 Å². The molecule has 0 unspecified atom stereocenters. The van der Waals surface area contributed by atoms with Gasteiger partial charge in [0.05, 0.1) is 12.1 Å². The Morgan fingerprint density at radius 2 is 1.93 bits per heavy atom. The monoisotopic (exact) mass is 391 g/mol. The van der Waals surface area contributed by atoms with Crippen LogP contribution in [0.5, 0.6) is 0 Å². The summed E-state index contributed by atoms with van der Waals surface area (Å²) in [5.41, 5.74) is 14.2. The standard InChI is InChI=1S/C21H27F2N3O2/c1-14(2)5-3-6-15(18(24)9-10-26-11-12-28-21(26)27)13-19(25)20-16(22)7-4-8-17(20)23/h4,7-8,13H,1,3,5-6,9-12,24-25H2,2H3/b18-15-,19-13-. The Labute approximate surface area is 164 Å². The smallest absolute Gasteiger partial charge is 0.409 e. The zero-order chi connectivity index (χ0) is 20.7. The van der Waals surface area contributed by atoms with Crippen molar-refractivity contribution in [2.75, 3.05) is 19.7 Å². The first-order valence-corrected chi connectivity index (χ1v) is 9.24. The predicted octanol–water partition coefficient (Wildman–Crippen LogP) is 4.07. The third-order valence-corrected chi connectivity index (χ3v) is 4.54. The van der Waals surface area contributed by atoms with Gasteiger partial charge in [-0.15, -0.1) is 6.58 Å². The molecular formula is C21H27F2N3O2. The Kier molecular flexibility index (Phi) is 7.61. The highest BCUT2D eigenvalue weighted by atomic mass is 19.1. The predicted molar refractivity (Wildman–Crippen MR) is 106 cm³/mol. The van der Waals surface area contributed by atoms with Crippen molar-refractivity contribution in [1.29, 1.82) is 0 Å². The molecule has 0 atom stereocenters. The van der Waals surface area contributed by atoms with E-state index in [9.17, 15) is 13.6 Å². The minimum Gasteiger partial charge on any atom is -0.448 e. The average molecular weight is 391 g/mol. The summed E-state index contributed by atoms with van der Waals surface area (Å²) in [4.78, 5) is 13.1. The topological polar surface area (TPSA) is 81.6 Å². The van der Waals surface area contributed by atoms with Crippen LogP contribution in [0.1, 0.15) is 38.2 Å². The first kappa shape index (κ1) is 21.5. The van der Waals surface area contributed by atoms with Gasteiger partial charge in [-0.1, -0.05) is 11.6 Å². The third-order valence-electron chi connectivity index (χ3n) is 4.54. The van der Waals surface area contributed by atoms with Gasteiger partial charge in [-0.2, -0.15) is 0 Å². The second kappa shape index (κ2) is 9.92. The van der Waals surface area contributed by atoms with E-state index in [-0.39, 0.29) is 17.4 Å². The number of rotatable bonds is 9. The molecule has 1 amide bonds. The lowest BCUT2D eigenvalue weighted by atomic mass is 10.00. The van der Waals surface area contributed by atoms with Crippen molar-refractivity contribution in [2.24, 2.45) is 11.5 Å². The number of halogens is 2. The van der Waals surface area contributed by atoms with E-state index in [1.165, 1.54) is 12.1 Å². The lowest BCUT2D eigenvalue weighted by Crippen LogP contribution is -2.26. The molecule has 1 saturated heterocycles. The lowest BCUT2D eigenvalue weighted by molar-refractivity contribution is 0.158. The number of cyclic esters (lactones) is 1. The molecule has 7 heteroatoms. The molecular weight excluding hydrogens is 364 g/mol. The van der Waals surface area contributed by atoms with Crippen LogP contribution in [0.4, 0.5) is 13.6 Å². The van der Waals surface area contributed by atoms with Crippen LogP contribution in [0.25, 0.3) is 5.70 Å². The molecule has 0 radical (unpaired) electrons. The van der Waals surface area contributed by atoms with Gasteiger partial charge < -0.3 is 21.1 Å². The Bertz CT molecular complexity index is 783. The second-order valence-corrected chi connectivity index (χ2v) is 6.91. The molecule has 28 heavy (non-hydrogen) atoms. The molecule has 2 rings (SSSR count). The fourth-order valence-electron chi connectivity index (χ4n) is 2.98. The molecule has 1 aliphatic rings. The van der Waals surface area contributed by atoms with E-state index in [4.69, 9.17) is 16.2 Å². The molecule has 0 aliphatic carbocycles. The molecule has 0 aromatic heterocycles. The maximum Gasteiger partial charge on any atom is 0.409 e. The van der Waals surface area contributed by atoms with Gasteiger partial charge in [-0.05, 0) is 50.0 Å². The lowest BCUT2D eigenvalue weighted by Gasteiger charge is -2.15. The Morgan fingerprint density at radius 1 is 1.25 bits per heavy atom. The van der Waals surface area contributed by atoms with Gasteiger partial charge in [0.2, 0.25) is 0 Å². The Hall–Kier alpha value is -2.83. The largest absolute Gasteiger partial charge is 0.448 e. The number of ether oxygens (including phenoxy) is 1. The van der Waals surface area contributed by atoms with Crippen LogP contribution >= 0.6 is 0 Å². The molecule has 152 valence electrons. The van der Waals surface area contributed by atoms with E-state index in [2.05, 4.69) is 6.58 Å². The van der Waals surface area contributed by atoms with Crippen LogP contribution in [-0.4, -0.2) is 30.7 Å². The normalized spacial score (nSPS) is 15.5. The minimum absolute atomic E-state index is 0.0237. The number of allylic oxidation sites excluding steroid dienone is 3. The average Bonchev–Trinajstić information content (AvgIpc) is 3.03. The third kappa shape index (κ3) is 5.84. The molecule has 1 aliphatic heterocycles. The summed E-state index contributed by atoms with van der Waals surface area (Å²) in [6.07, 6.45) is 3.75. The quantitative estimate of drug-likeness (QED) is 0.491. The van der Waals surface area contributed by atoms with Crippen LogP contribution in [-0.2, 0) is 4.74 Å². The zero-order valence-electron chi connectivity index (χ0n) is 16.1. The number of nitrogens with two attached hydrogens (primary N) is 2. The number of hydrogen-bond acceptors (Lipinski definition) is 4. The van der Waals surface area contributed by atoms with E-state index in [0.717, 1.165) is 30.5 Å². The highest BCUT2D eigenvalue weighted by molar-refractivity contribution is 5.69. The van der Waals surface area contributed by atoms with Crippen molar-refractivity contribution < 1.29 is 18.3 Å². The molecule has 1 heterocycles. The van der Waals surface area contributed by atoms with Gasteiger partial charge in [0.25, 0.3) is 0 Å². The minimum atomic E-state index is -0.728. The maximum absolute atomic E-state index is 14.0. The van der Waals surface area contributed by atoms with E-state index in [1.54, 1.807) is 4.90 Å². The first-order valence-electron chi connectivity index (χ1n) is 9.24. The van der Waals surface area contributed by atoms with Crippen LogP contribution < -0.4 is 11.5 Å². The SMILES string of the molecule is C=C(C)CCCC(/C=C(\N)c1c(F)cccc1F)=C(/N)CCN1CCOC1=O. The van der Waals surface area contributed by atoms with E-state index >= 15 is 0 Å². The van der Waals surface area contributed by atoms with Gasteiger partial charge >= 0.3 is 6.09 Å². The van der Waals surface area contributed by atoms with Crippen molar-refractivity contribution in [3.63, 3.8) is 0 Å². The summed E-state index contributed by atoms with van der Waals surface area (Å²) in [5, 5.41) is 0. The Morgan fingerprint density at radius 3 is 2.50 bits per heavy atom. The van der Waals surface area contributed by atoms with Gasteiger partial charge in [0.1, 0.15) is 18.2 Å². The number of benzene rings is 1. The van der Waals surface area contributed by atoms with Crippen LogP contribution in [0, 0.1) is 11.6 Å². The van der Waals surface area contributed by atoms with E-state index < -0.39 is 11.6 Å². The van der Waals surface area contributed by atoms with Crippen molar-refractivity contribution in [3.05, 3.63) is 64.9 Å².